The summed E-state index contributed by atoms with van der Waals surface area (Å²) in [5.41, 5.74) is 1.73. The second-order valence-electron chi connectivity index (χ2n) is 8.84. The molecule has 0 saturated heterocycles. The van der Waals surface area contributed by atoms with Gasteiger partial charge in [-0.15, -0.1) is 0 Å². The van der Waals surface area contributed by atoms with Gasteiger partial charge in [-0.1, -0.05) is 69.2 Å². The summed E-state index contributed by atoms with van der Waals surface area (Å²) in [6.07, 6.45) is 0. The van der Waals surface area contributed by atoms with Crippen LogP contribution in [0.3, 0.4) is 0 Å². The Bertz CT molecular complexity index is 1430. The second kappa shape index (κ2) is 20.2. The van der Waals surface area contributed by atoms with Crippen molar-refractivity contribution in [1.29, 1.82) is 0 Å². The molecule has 46 heavy (non-hydrogen) atoms. The monoisotopic (exact) mass is 720 g/mol. The van der Waals surface area contributed by atoms with Gasteiger partial charge in [0.25, 0.3) is 0 Å². The number of hydrogen-bond donors (Lipinski definition) is 0. The van der Waals surface area contributed by atoms with E-state index in [-0.39, 0.29) is 71.0 Å². The van der Waals surface area contributed by atoms with Gasteiger partial charge in [-0.05, 0) is 52.0 Å². The van der Waals surface area contributed by atoms with Crippen LogP contribution < -0.4 is 0 Å². The molecule has 0 radical (unpaired) electrons. The highest BCUT2D eigenvalue weighted by atomic mass is 32.2. The van der Waals surface area contributed by atoms with E-state index in [0.29, 0.717) is 0 Å². The summed E-state index contributed by atoms with van der Waals surface area (Å²) in [6, 6.07) is 11.9. The quantitative estimate of drug-likeness (QED) is 0.0759. The average molecular weight is 721 g/mol. The summed E-state index contributed by atoms with van der Waals surface area (Å²) in [6.45, 7) is 7.63. The van der Waals surface area contributed by atoms with E-state index in [9.17, 15) is 26.4 Å². The first-order valence-corrected chi connectivity index (χ1v) is 18.6. The molecule has 0 aliphatic heterocycles. The van der Waals surface area contributed by atoms with E-state index in [0.717, 1.165) is 34.7 Å². The fourth-order valence-electron chi connectivity index (χ4n) is 3.01. The molecule has 0 unspecified atom stereocenters. The van der Waals surface area contributed by atoms with Crippen molar-refractivity contribution in [1.82, 2.24) is 0 Å². The highest BCUT2D eigenvalue weighted by Crippen LogP contribution is 2.17. The van der Waals surface area contributed by atoms with E-state index in [1.165, 1.54) is 24.3 Å². The lowest BCUT2D eigenvalue weighted by atomic mass is 10.2. The van der Waals surface area contributed by atoms with Crippen LogP contribution in [0.2, 0.25) is 0 Å². The number of carbonyl (C=O) groups is 2. The topological polar surface area (TPSA) is 183 Å². The smallest absolute Gasteiger partial charge is 0.367 e. The maximum absolute atomic E-state index is 12.4. The van der Waals surface area contributed by atoms with Crippen molar-refractivity contribution in [3.63, 3.8) is 0 Å². The molecular weight excluding hydrogens is 685 g/mol. The van der Waals surface area contributed by atoms with Crippen LogP contribution in [0.1, 0.15) is 25.0 Å². The van der Waals surface area contributed by atoms with Gasteiger partial charge in [0.1, 0.15) is 9.79 Å². The van der Waals surface area contributed by atoms with E-state index in [4.69, 9.17) is 27.5 Å². The van der Waals surface area contributed by atoms with E-state index < -0.39 is 32.2 Å². The average Bonchev–Trinajstić information content (AvgIpc) is 3.01. The molecule has 0 amide bonds. The molecule has 0 fully saturated rings. The molecule has 18 heteroatoms. The number of oxime groups is 2. The zero-order valence-corrected chi connectivity index (χ0v) is 29.0. The minimum Gasteiger partial charge on any atom is -0.461 e. The van der Waals surface area contributed by atoms with Crippen molar-refractivity contribution in [2.45, 2.75) is 37.5 Å². The maximum Gasteiger partial charge on any atom is 0.367 e. The molecule has 254 valence electrons. The van der Waals surface area contributed by atoms with Gasteiger partial charge in [0.2, 0.25) is 10.1 Å². The lowest BCUT2D eigenvalue weighted by Gasteiger charge is -2.08. The van der Waals surface area contributed by atoms with Gasteiger partial charge in [-0.25, -0.2) is 9.59 Å². The fourth-order valence-corrected chi connectivity index (χ4v) is 5.88. The molecule has 0 atom stereocenters. The molecule has 2 aromatic carbocycles. The summed E-state index contributed by atoms with van der Waals surface area (Å²) in [5, 5.41) is 6.45. The van der Waals surface area contributed by atoms with Crippen LogP contribution in [0.15, 0.2) is 68.6 Å². The number of benzene rings is 2. The molecule has 2 rings (SSSR count). The lowest BCUT2D eigenvalue weighted by molar-refractivity contribution is -0.135. The molecule has 0 saturated carbocycles. The molecule has 0 aliphatic carbocycles. The minimum absolute atomic E-state index is 0.0575. The van der Waals surface area contributed by atoms with Gasteiger partial charge in [0.05, 0.1) is 39.6 Å². The summed E-state index contributed by atoms with van der Waals surface area (Å²) >= 11 is 1.80. The number of carbonyl (C=O) groups excluding carboxylic acids is 2. The van der Waals surface area contributed by atoms with Crippen molar-refractivity contribution in [3.8, 4) is 0 Å². The Balaban J connectivity index is 1.76. The third-order valence-corrected chi connectivity index (χ3v) is 9.27. The van der Waals surface area contributed by atoms with Crippen molar-refractivity contribution < 1.29 is 53.9 Å². The van der Waals surface area contributed by atoms with Gasteiger partial charge in [0.15, 0.2) is 0 Å². The first-order valence-electron chi connectivity index (χ1n) is 13.8. The predicted octanol–water partition coefficient (Wildman–Crippen LogP) is 3.67. The Morgan fingerprint density at radius 3 is 1.28 bits per heavy atom. The van der Waals surface area contributed by atoms with E-state index in [1.807, 2.05) is 0 Å². The Morgan fingerprint density at radius 1 is 0.609 bits per heavy atom. The number of esters is 2. The fraction of sp³-hybridized carbons (Fsp3) is 0.429. The van der Waals surface area contributed by atoms with Gasteiger partial charge in [0, 0.05) is 11.5 Å². The van der Waals surface area contributed by atoms with Crippen molar-refractivity contribution in [2.24, 2.45) is 10.3 Å². The number of thioether (sulfide) groups is 2. The predicted molar refractivity (Wildman–Crippen MR) is 174 cm³/mol. The summed E-state index contributed by atoms with van der Waals surface area (Å²) in [5.74, 6) is -1.22. The largest absolute Gasteiger partial charge is 0.461 e. The van der Waals surface area contributed by atoms with Crippen molar-refractivity contribution >= 4 is 65.8 Å². The first kappa shape index (κ1) is 39.0. The summed E-state index contributed by atoms with van der Waals surface area (Å²) < 4.78 is 79.8. The third kappa shape index (κ3) is 14.1. The zero-order chi connectivity index (χ0) is 34.0. The van der Waals surface area contributed by atoms with Crippen LogP contribution in [-0.2, 0) is 57.3 Å². The molecule has 0 aliphatic rings. The Labute approximate surface area is 277 Å². The SMILES string of the molecule is CCOC(=O)/C(=N/OS(=O)(=O)c1ccc(C)cc1)SCCOCCOCCS/C(=N\OS(=O)(=O)c1ccc(C)cc1)C(=O)OCC. The number of rotatable bonds is 17. The number of ether oxygens (including phenoxy) is 4. The molecule has 0 N–H and O–H groups in total. The number of hydrogen-bond acceptors (Lipinski definition) is 16. The molecule has 2 aromatic rings. The molecular formula is C28H36N2O12S4. The van der Waals surface area contributed by atoms with Crippen LogP contribution in [-0.4, -0.2) is 90.0 Å². The van der Waals surface area contributed by atoms with Crippen LogP contribution in [0.4, 0.5) is 0 Å². The first-order chi connectivity index (χ1) is 21.9. The molecule has 0 spiro atoms. The minimum atomic E-state index is -4.23. The maximum atomic E-state index is 12.4. The van der Waals surface area contributed by atoms with Gasteiger partial charge in [-0.3, -0.25) is 8.57 Å². The van der Waals surface area contributed by atoms with Crippen LogP contribution >= 0.6 is 23.5 Å². The Kier molecular flexibility index (Phi) is 17.1. The van der Waals surface area contributed by atoms with Gasteiger partial charge in [-0.2, -0.15) is 16.8 Å². The Hall–Kier alpha value is -3.16. The number of nitrogens with zero attached hydrogens (tertiary/aromatic N) is 2. The van der Waals surface area contributed by atoms with Gasteiger partial charge < -0.3 is 18.9 Å². The summed E-state index contributed by atoms with van der Waals surface area (Å²) in [4.78, 5) is 24.2. The van der Waals surface area contributed by atoms with E-state index in [2.05, 4.69) is 10.3 Å². The zero-order valence-electron chi connectivity index (χ0n) is 25.7. The Morgan fingerprint density at radius 2 is 0.957 bits per heavy atom. The molecule has 14 nitrogen and oxygen atoms in total. The molecule has 0 aromatic heterocycles. The van der Waals surface area contributed by atoms with Crippen molar-refractivity contribution in [3.05, 3.63) is 59.7 Å². The standard InChI is InChI=1S/C28H36N2O12S4/c1-5-39-27(31)25(29-41-45(33,34)23-11-7-21(3)8-12-23)43-19-17-37-15-16-38-18-20-44-26(28(32)40-6-2)30-42-46(35,36)24-13-9-22(4)10-14-24/h7-14H,5-6,15-20H2,1-4H3/b29-25-,30-26-. The van der Waals surface area contributed by atoms with Crippen LogP contribution in [0.25, 0.3) is 0 Å². The van der Waals surface area contributed by atoms with Crippen LogP contribution in [0, 0.1) is 13.8 Å². The summed E-state index contributed by atoms with van der Waals surface area (Å²) in [7, 11) is -8.46. The number of aryl methyl sites for hydroxylation is 2. The molecule has 0 heterocycles. The highest BCUT2D eigenvalue weighted by molar-refractivity contribution is 8.16. The molecule has 0 bridgehead atoms. The van der Waals surface area contributed by atoms with Crippen LogP contribution in [0.5, 0.6) is 0 Å². The second-order valence-corrected chi connectivity index (χ2v) is 14.1. The van der Waals surface area contributed by atoms with E-state index >= 15 is 0 Å². The third-order valence-electron chi connectivity index (χ3n) is 5.26. The van der Waals surface area contributed by atoms with Crippen molar-refractivity contribution in [2.75, 3.05) is 51.1 Å². The highest BCUT2D eigenvalue weighted by Gasteiger charge is 2.21. The van der Waals surface area contributed by atoms with E-state index in [1.54, 1.807) is 52.0 Å². The lowest BCUT2D eigenvalue weighted by Crippen LogP contribution is -2.18. The van der Waals surface area contributed by atoms with Gasteiger partial charge >= 0.3 is 32.2 Å². The normalized spacial score (nSPS) is 12.4.